The summed E-state index contributed by atoms with van der Waals surface area (Å²) in [7, 11) is 0. The standard InChI is InChI=1S/C18H30N2O2/c1-15(2)17-5-3-16(4-6-17)7-8-19-13-18(21)14-20-9-11-22-12-10-20/h3-6,15,18-19,21H,7-14H2,1-2H3/p+2/t18-/m1/s1. The van der Waals surface area contributed by atoms with E-state index in [4.69, 9.17) is 4.74 Å². The molecule has 0 bridgehead atoms. The van der Waals surface area contributed by atoms with Crippen molar-refractivity contribution in [3.8, 4) is 0 Å². The van der Waals surface area contributed by atoms with Crippen molar-refractivity contribution in [1.82, 2.24) is 0 Å². The maximum atomic E-state index is 10.1. The summed E-state index contributed by atoms with van der Waals surface area (Å²) in [6, 6.07) is 8.93. The number of hydrogen-bond acceptors (Lipinski definition) is 2. The van der Waals surface area contributed by atoms with Crippen molar-refractivity contribution in [2.75, 3.05) is 45.9 Å². The molecule has 124 valence electrons. The zero-order valence-electron chi connectivity index (χ0n) is 14.1. The third kappa shape index (κ3) is 6.05. The number of ether oxygens (including phenoxy) is 1. The Bertz CT molecular complexity index is 414. The zero-order valence-corrected chi connectivity index (χ0v) is 14.1. The van der Waals surface area contributed by atoms with E-state index in [1.807, 2.05) is 0 Å². The normalized spacial score (nSPS) is 17.8. The summed E-state index contributed by atoms with van der Waals surface area (Å²) in [5, 5.41) is 12.3. The Kier molecular flexibility index (Phi) is 7.33. The molecule has 4 nitrogen and oxygen atoms in total. The molecular weight excluding hydrogens is 276 g/mol. The van der Waals surface area contributed by atoms with Crippen molar-refractivity contribution in [1.29, 1.82) is 0 Å². The number of nitrogens with two attached hydrogens (primary N) is 1. The van der Waals surface area contributed by atoms with Crippen LogP contribution in [0.2, 0.25) is 0 Å². The minimum absolute atomic E-state index is 0.212. The summed E-state index contributed by atoms with van der Waals surface area (Å²) in [6.07, 6.45) is 0.853. The van der Waals surface area contributed by atoms with Gasteiger partial charge >= 0.3 is 0 Å². The summed E-state index contributed by atoms with van der Waals surface area (Å²) in [5.41, 5.74) is 2.78. The van der Waals surface area contributed by atoms with Crippen molar-refractivity contribution < 1.29 is 20.1 Å². The molecule has 0 spiro atoms. The first kappa shape index (κ1) is 17.4. The molecule has 1 aromatic carbocycles. The number of rotatable bonds is 8. The highest BCUT2D eigenvalue weighted by Gasteiger charge is 2.18. The van der Waals surface area contributed by atoms with Gasteiger partial charge in [0.1, 0.15) is 26.2 Å². The molecule has 1 heterocycles. The van der Waals surface area contributed by atoms with Crippen molar-refractivity contribution in [3.63, 3.8) is 0 Å². The molecule has 2 rings (SSSR count). The smallest absolute Gasteiger partial charge is 0.151 e. The number of benzene rings is 1. The number of quaternary nitrogens is 2. The minimum Gasteiger partial charge on any atom is -0.382 e. The van der Waals surface area contributed by atoms with Crippen LogP contribution < -0.4 is 10.2 Å². The van der Waals surface area contributed by atoms with Gasteiger partial charge in [0.25, 0.3) is 0 Å². The molecule has 1 fully saturated rings. The van der Waals surface area contributed by atoms with Crippen molar-refractivity contribution >= 4 is 0 Å². The zero-order chi connectivity index (χ0) is 15.8. The van der Waals surface area contributed by atoms with Crippen LogP contribution in [-0.2, 0) is 11.2 Å². The Balaban J connectivity index is 1.59. The van der Waals surface area contributed by atoms with Crippen LogP contribution in [0.25, 0.3) is 0 Å². The fraction of sp³-hybridized carbons (Fsp3) is 0.667. The lowest BCUT2D eigenvalue weighted by Gasteiger charge is -2.25. The lowest BCUT2D eigenvalue weighted by atomic mass is 10.0. The molecule has 1 saturated heterocycles. The minimum atomic E-state index is -0.212. The van der Waals surface area contributed by atoms with Gasteiger partial charge in [-0.1, -0.05) is 38.1 Å². The van der Waals surface area contributed by atoms with E-state index in [9.17, 15) is 5.11 Å². The second-order valence-corrected chi connectivity index (χ2v) is 6.68. The van der Waals surface area contributed by atoms with Crippen LogP contribution in [0.3, 0.4) is 0 Å². The van der Waals surface area contributed by atoms with Crippen molar-refractivity contribution in [3.05, 3.63) is 35.4 Å². The molecule has 0 amide bonds. The molecule has 0 saturated carbocycles. The van der Waals surface area contributed by atoms with E-state index in [2.05, 4.69) is 43.4 Å². The molecule has 22 heavy (non-hydrogen) atoms. The first-order valence-corrected chi connectivity index (χ1v) is 8.65. The summed E-state index contributed by atoms with van der Waals surface area (Å²) in [5.74, 6) is 0.596. The van der Waals surface area contributed by atoms with E-state index < -0.39 is 0 Å². The van der Waals surface area contributed by atoms with Crippen molar-refractivity contribution in [2.24, 2.45) is 0 Å². The molecule has 0 aromatic heterocycles. The van der Waals surface area contributed by atoms with Gasteiger partial charge in [0.15, 0.2) is 6.10 Å². The van der Waals surface area contributed by atoms with Gasteiger partial charge < -0.3 is 20.1 Å². The van der Waals surface area contributed by atoms with E-state index in [0.717, 1.165) is 52.4 Å². The van der Waals surface area contributed by atoms with Gasteiger partial charge in [-0.15, -0.1) is 0 Å². The van der Waals surface area contributed by atoms with E-state index >= 15 is 0 Å². The molecule has 1 atom stereocenters. The van der Waals surface area contributed by atoms with Crippen LogP contribution in [0, 0.1) is 0 Å². The molecule has 4 heteroatoms. The Hall–Kier alpha value is -0.940. The van der Waals surface area contributed by atoms with Gasteiger partial charge in [-0.3, -0.25) is 0 Å². The van der Waals surface area contributed by atoms with Gasteiger partial charge in [0.05, 0.1) is 19.8 Å². The van der Waals surface area contributed by atoms with Gasteiger partial charge in [0, 0.05) is 6.42 Å². The molecule has 1 aliphatic heterocycles. The van der Waals surface area contributed by atoms with Crippen LogP contribution in [-0.4, -0.2) is 57.1 Å². The highest BCUT2D eigenvalue weighted by atomic mass is 16.5. The van der Waals surface area contributed by atoms with Gasteiger partial charge in [0.2, 0.25) is 0 Å². The SMILES string of the molecule is CC(C)c1ccc(CC[NH2+]C[C@@H](O)C[NH+]2CCOCC2)cc1. The number of nitrogens with one attached hydrogen (secondary N) is 1. The molecule has 1 aliphatic rings. The van der Waals surface area contributed by atoms with Crippen LogP contribution >= 0.6 is 0 Å². The van der Waals surface area contributed by atoms with E-state index in [1.165, 1.54) is 16.0 Å². The first-order chi connectivity index (χ1) is 10.6. The van der Waals surface area contributed by atoms with Gasteiger partial charge in [-0.05, 0) is 17.0 Å². The molecule has 0 unspecified atom stereocenters. The second-order valence-electron chi connectivity index (χ2n) is 6.68. The molecule has 1 aromatic rings. The fourth-order valence-electron chi connectivity index (χ4n) is 2.93. The quantitative estimate of drug-likeness (QED) is 0.550. The van der Waals surface area contributed by atoms with Gasteiger partial charge in [-0.2, -0.15) is 0 Å². The molecule has 0 aliphatic carbocycles. The lowest BCUT2D eigenvalue weighted by Crippen LogP contribution is -3.15. The maximum Gasteiger partial charge on any atom is 0.151 e. The predicted molar refractivity (Wildman–Crippen MR) is 88.3 cm³/mol. The highest BCUT2D eigenvalue weighted by molar-refractivity contribution is 5.24. The van der Waals surface area contributed by atoms with Crippen LogP contribution in [0.1, 0.15) is 30.9 Å². The largest absolute Gasteiger partial charge is 0.382 e. The van der Waals surface area contributed by atoms with Crippen LogP contribution in [0.4, 0.5) is 0 Å². The molecule has 0 radical (unpaired) electrons. The molecule has 4 N–H and O–H groups in total. The maximum absolute atomic E-state index is 10.1. The first-order valence-electron chi connectivity index (χ1n) is 8.65. The third-order valence-corrected chi connectivity index (χ3v) is 4.45. The monoisotopic (exact) mass is 308 g/mol. The second kappa shape index (κ2) is 9.26. The summed E-state index contributed by atoms with van der Waals surface area (Å²) >= 11 is 0. The van der Waals surface area contributed by atoms with Gasteiger partial charge in [-0.25, -0.2) is 0 Å². The molecular formula is C18H32N2O2+2. The van der Waals surface area contributed by atoms with Crippen LogP contribution in [0.15, 0.2) is 24.3 Å². The number of aliphatic hydroxyl groups is 1. The van der Waals surface area contributed by atoms with E-state index in [-0.39, 0.29) is 6.10 Å². The Labute approximate surface area is 134 Å². The van der Waals surface area contributed by atoms with E-state index in [1.54, 1.807) is 0 Å². The Morgan fingerprint density at radius 2 is 1.86 bits per heavy atom. The van der Waals surface area contributed by atoms with Crippen molar-refractivity contribution in [2.45, 2.75) is 32.3 Å². The third-order valence-electron chi connectivity index (χ3n) is 4.45. The Morgan fingerprint density at radius 1 is 1.18 bits per heavy atom. The average Bonchev–Trinajstić information content (AvgIpc) is 2.53. The predicted octanol–water partition coefficient (Wildman–Crippen LogP) is -0.808. The average molecular weight is 308 g/mol. The fourth-order valence-corrected chi connectivity index (χ4v) is 2.93. The summed E-state index contributed by atoms with van der Waals surface area (Å²) in [4.78, 5) is 1.47. The van der Waals surface area contributed by atoms with E-state index in [0.29, 0.717) is 5.92 Å². The highest BCUT2D eigenvalue weighted by Crippen LogP contribution is 2.14. The van der Waals surface area contributed by atoms with Crippen LogP contribution in [0.5, 0.6) is 0 Å². The topological polar surface area (TPSA) is 50.5 Å². The number of morpholine rings is 1. The lowest BCUT2D eigenvalue weighted by molar-refractivity contribution is -0.912. The summed E-state index contributed by atoms with van der Waals surface area (Å²) < 4.78 is 5.34. The number of aliphatic hydroxyl groups excluding tert-OH is 1. The number of hydrogen-bond donors (Lipinski definition) is 3. The Morgan fingerprint density at radius 3 is 2.50 bits per heavy atom. The summed E-state index contributed by atoms with van der Waals surface area (Å²) in [6.45, 7) is 10.9.